The number of rotatable bonds is 5. The van der Waals surface area contributed by atoms with E-state index >= 15 is 0 Å². The highest BCUT2D eigenvalue weighted by Gasteiger charge is 2.08. The second kappa shape index (κ2) is 5.64. The van der Waals surface area contributed by atoms with E-state index in [1.54, 1.807) is 48.3 Å². The molecule has 0 aliphatic heterocycles. The Morgan fingerprint density at radius 1 is 1.44 bits per heavy atom. The maximum atomic E-state index is 13.7. The van der Waals surface area contributed by atoms with E-state index in [2.05, 4.69) is 10.4 Å². The molecule has 5 heteroatoms. The first-order chi connectivity index (χ1) is 8.66. The highest BCUT2D eigenvalue weighted by atomic mass is 19.1. The first kappa shape index (κ1) is 12.6. The lowest BCUT2D eigenvalue weighted by Gasteiger charge is -2.14. The molecule has 0 aliphatic rings. The molecule has 2 N–H and O–H groups in total. The fraction of sp³-hybridized carbons (Fsp3) is 0.308. The van der Waals surface area contributed by atoms with Crippen LogP contribution >= 0.6 is 0 Å². The molecule has 1 unspecified atom stereocenters. The van der Waals surface area contributed by atoms with Crippen LogP contribution in [0, 0.1) is 12.7 Å². The molecule has 0 fully saturated rings. The van der Waals surface area contributed by atoms with Gasteiger partial charge in [0.1, 0.15) is 5.82 Å². The number of nitrogens with one attached hydrogen (secondary N) is 1. The molecule has 1 aromatic heterocycles. The average molecular weight is 249 g/mol. The van der Waals surface area contributed by atoms with E-state index in [4.69, 9.17) is 0 Å². The van der Waals surface area contributed by atoms with Crippen molar-refractivity contribution in [1.82, 2.24) is 9.78 Å². The second-order valence-electron chi connectivity index (χ2n) is 4.20. The SMILES string of the molecule is Cc1cccc(NCC(O)Cn2cccn2)c1F. The van der Waals surface area contributed by atoms with Crippen LogP contribution in [0.1, 0.15) is 5.56 Å². The van der Waals surface area contributed by atoms with Crippen LogP contribution in [0.4, 0.5) is 10.1 Å². The molecule has 0 spiro atoms. The summed E-state index contributed by atoms with van der Waals surface area (Å²) in [5.74, 6) is -0.274. The third kappa shape index (κ3) is 3.07. The van der Waals surface area contributed by atoms with Crippen molar-refractivity contribution < 1.29 is 9.50 Å². The molecule has 1 atom stereocenters. The fourth-order valence-electron chi connectivity index (χ4n) is 1.70. The van der Waals surface area contributed by atoms with Gasteiger partial charge in [0.15, 0.2) is 0 Å². The maximum Gasteiger partial charge on any atom is 0.149 e. The summed E-state index contributed by atoms with van der Waals surface area (Å²) in [7, 11) is 0. The second-order valence-corrected chi connectivity index (χ2v) is 4.20. The third-order valence-corrected chi connectivity index (χ3v) is 2.68. The van der Waals surface area contributed by atoms with Crippen molar-refractivity contribution in [1.29, 1.82) is 0 Å². The molecule has 0 saturated heterocycles. The van der Waals surface area contributed by atoms with Crippen molar-refractivity contribution in [3.8, 4) is 0 Å². The quantitative estimate of drug-likeness (QED) is 0.849. The van der Waals surface area contributed by atoms with Crippen LogP contribution in [0.2, 0.25) is 0 Å². The first-order valence-corrected chi connectivity index (χ1v) is 5.81. The molecule has 0 saturated carbocycles. The number of aliphatic hydroxyl groups is 1. The van der Waals surface area contributed by atoms with Gasteiger partial charge in [-0.1, -0.05) is 12.1 Å². The van der Waals surface area contributed by atoms with Crippen molar-refractivity contribution in [2.75, 3.05) is 11.9 Å². The van der Waals surface area contributed by atoms with Crippen molar-refractivity contribution >= 4 is 5.69 Å². The van der Waals surface area contributed by atoms with Crippen LogP contribution in [-0.2, 0) is 6.54 Å². The van der Waals surface area contributed by atoms with E-state index in [1.165, 1.54) is 0 Å². The van der Waals surface area contributed by atoms with Gasteiger partial charge in [0.2, 0.25) is 0 Å². The molecule has 0 bridgehead atoms. The number of nitrogens with zero attached hydrogens (tertiary/aromatic N) is 2. The Balaban J connectivity index is 1.89. The molecular weight excluding hydrogens is 233 g/mol. The van der Waals surface area contributed by atoms with Crippen LogP contribution < -0.4 is 5.32 Å². The topological polar surface area (TPSA) is 50.1 Å². The first-order valence-electron chi connectivity index (χ1n) is 5.81. The van der Waals surface area contributed by atoms with Gasteiger partial charge in [-0.2, -0.15) is 5.10 Å². The summed E-state index contributed by atoms with van der Waals surface area (Å²) in [5, 5.41) is 16.7. The molecule has 4 nitrogen and oxygen atoms in total. The molecule has 96 valence electrons. The maximum absolute atomic E-state index is 13.7. The van der Waals surface area contributed by atoms with Gasteiger partial charge in [0.25, 0.3) is 0 Å². The number of benzene rings is 1. The number of hydrogen-bond donors (Lipinski definition) is 2. The van der Waals surface area contributed by atoms with Crippen molar-refractivity contribution in [3.05, 3.63) is 48.0 Å². The van der Waals surface area contributed by atoms with Gasteiger partial charge >= 0.3 is 0 Å². The summed E-state index contributed by atoms with van der Waals surface area (Å²) in [4.78, 5) is 0. The number of halogens is 1. The zero-order valence-electron chi connectivity index (χ0n) is 10.2. The molecular formula is C13H16FN3O. The molecule has 0 radical (unpaired) electrons. The Morgan fingerprint density at radius 2 is 2.28 bits per heavy atom. The van der Waals surface area contributed by atoms with Crippen LogP contribution in [0.25, 0.3) is 0 Å². The molecule has 0 amide bonds. The van der Waals surface area contributed by atoms with Gasteiger partial charge in [0.05, 0.1) is 18.3 Å². The predicted molar refractivity (Wildman–Crippen MR) is 67.9 cm³/mol. The summed E-state index contributed by atoms with van der Waals surface area (Å²) in [6, 6.07) is 6.94. The van der Waals surface area contributed by atoms with Crippen LogP contribution in [0.5, 0.6) is 0 Å². The van der Waals surface area contributed by atoms with Crippen molar-refractivity contribution in [2.45, 2.75) is 19.6 Å². The Labute approximate surface area is 105 Å². The zero-order valence-corrected chi connectivity index (χ0v) is 10.2. The summed E-state index contributed by atoms with van der Waals surface area (Å²) < 4.78 is 15.3. The molecule has 2 rings (SSSR count). The van der Waals surface area contributed by atoms with E-state index in [1.807, 2.05) is 0 Å². The summed E-state index contributed by atoms with van der Waals surface area (Å²) in [6.07, 6.45) is 2.81. The minimum Gasteiger partial charge on any atom is -0.389 e. The largest absolute Gasteiger partial charge is 0.389 e. The molecule has 2 aromatic rings. The number of aliphatic hydroxyl groups excluding tert-OH is 1. The highest BCUT2D eigenvalue weighted by Crippen LogP contribution is 2.16. The minimum absolute atomic E-state index is 0.274. The standard InChI is InChI=1S/C13H16FN3O/c1-10-4-2-5-12(13(10)14)15-8-11(18)9-17-7-3-6-16-17/h2-7,11,15,18H,8-9H2,1H3. The molecule has 1 aromatic carbocycles. The predicted octanol–water partition coefficient (Wildman–Crippen LogP) is 1.80. The monoisotopic (exact) mass is 249 g/mol. The lowest BCUT2D eigenvalue weighted by molar-refractivity contribution is 0.161. The van der Waals surface area contributed by atoms with E-state index in [9.17, 15) is 9.50 Å². The Hall–Kier alpha value is -1.88. The minimum atomic E-state index is -0.621. The summed E-state index contributed by atoms with van der Waals surface area (Å²) in [6.45, 7) is 2.37. The Bertz CT molecular complexity index is 499. The van der Waals surface area contributed by atoms with E-state index < -0.39 is 6.10 Å². The van der Waals surface area contributed by atoms with Gasteiger partial charge in [-0.05, 0) is 24.6 Å². The molecule has 0 aliphatic carbocycles. The van der Waals surface area contributed by atoms with E-state index in [-0.39, 0.29) is 12.4 Å². The lowest BCUT2D eigenvalue weighted by Crippen LogP contribution is -2.25. The fourth-order valence-corrected chi connectivity index (χ4v) is 1.70. The third-order valence-electron chi connectivity index (χ3n) is 2.68. The van der Waals surface area contributed by atoms with Crippen molar-refractivity contribution in [2.24, 2.45) is 0 Å². The van der Waals surface area contributed by atoms with Gasteiger partial charge in [-0.15, -0.1) is 0 Å². The van der Waals surface area contributed by atoms with Gasteiger partial charge in [-0.25, -0.2) is 4.39 Å². The van der Waals surface area contributed by atoms with Crippen LogP contribution in [0.15, 0.2) is 36.7 Å². The number of aromatic nitrogens is 2. The van der Waals surface area contributed by atoms with E-state index in [0.717, 1.165) is 0 Å². The van der Waals surface area contributed by atoms with Gasteiger partial charge < -0.3 is 10.4 Å². The van der Waals surface area contributed by atoms with Gasteiger partial charge in [-0.3, -0.25) is 4.68 Å². The molecule has 1 heterocycles. The van der Waals surface area contributed by atoms with E-state index in [0.29, 0.717) is 17.8 Å². The van der Waals surface area contributed by atoms with Crippen molar-refractivity contribution in [3.63, 3.8) is 0 Å². The number of hydrogen-bond acceptors (Lipinski definition) is 3. The van der Waals surface area contributed by atoms with Gasteiger partial charge in [0, 0.05) is 18.9 Å². The van der Waals surface area contributed by atoms with Crippen LogP contribution in [-0.4, -0.2) is 27.5 Å². The van der Waals surface area contributed by atoms with Crippen LogP contribution in [0.3, 0.4) is 0 Å². The lowest BCUT2D eigenvalue weighted by atomic mass is 10.2. The average Bonchev–Trinajstić information content (AvgIpc) is 2.84. The Morgan fingerprint density at radius 3 is 3.00 bits per heavy atom. The highest BCUT2D eigenvalue weighted by molar-refractivity contribution is 5.47. The summed E-state index contributed by atoms with van der Waals surface area (Å²) in [5.41, 5.74) is 0.996. The molecule has 18 heavy (non-hydrogen) atoms. The number of aryl methyl sites for hydroxylation is 1. The zero-order chi connectivity index (χ0) is 13.0. The smallest absolute Gasteiger partial charge is 0.149 e. The normalized spacial score (nSPS) is 12.4. The number of anilines is 1. The Kier molecular flexibility index (Phi) is 3.94. The summed E-state index contributed by atoms with van der Waals surface area (Å²) >= 11 is 0.